The number of allylic oxidation sites excluding steroid dienone is 12. The predicted octanol–water partition coefficient (Wildman–Crippen LogP) is 16.9. The number of carbonyl (C=O) groups is 3. The van der Waals surface area contributed by atoms with Crippen LogP contribution in [-0.2, 0) is 42.2 Å². The van der Waals surface area contributed by atoms with Crippen LogP contribution in [0.15, 0.2) is 72.9 Å². The van der Waals surface area contributed by atoms with Gasteiger partial charge in [-0.2, -0.15) is 0 Å². The first-order valence-corrected chi connectivity index (χ1v) is 30.3. The quantitative estimate of drug-likeness (QED) is 0.0197. The van der Waals surface area contributed by atoms with Gasteiger partial charge < -0.3 is 24.2 Å². The van der Waals surface area contributed by atoms with Crippen LogP contribution in [0.2, 0.25) is 0 Å². The third kappa shape index (κ3) is 51.8. The molecule has 0 rings (SSSR count). The summed E-state index contributed by atoms with van der Waals surface area (Å²) in [6, 6.07) is 0. The van der Waals surface area contributed by atoms with Crippen molar-refractivity contribution < 1.29 is 52.2 Å². The van der Waals surface area contributed by atoms with E-state index in [0.29, 0.717) is 19.3 Å². The van der Waals surface area contributed by atoms with E-state index >= 15 is 0 Å². The highest BCUT2D eigenvalue weighted by Gasteiger charge is 2.28. The van der Waals surface area contributed by atoms with Gasteiger partial charge in [0.15, 0.2) is 6.10 Å². The van der Waals surface area contributed by atoms with Crippen LogP contribution in [0.4, 0.5) is 0 Å². The monoisotopic (exact) mass is 1030 g/mol. The van der Waals surface area contributed by atoms with E-state index in [2.05, 4.69) is 93.7 Å². The first-order chi connectivity index (χ1) is 35.2. The van der Waals surface area contributed by atoms with E-state index < -0.39 is 57.8 Å². The van der Waals surface area contributed by atoms with E-state index in [1.165, 1.54) is 96.3 Å². The van der Waals surface area contributed by atoms with Gasteiger partial charge in [0.05, 0.1) is 19.8 Å². The lowest BCUT2D eigenvalue weighted by Crippen LogP contribution is -2.30. The van der Waals surface area contributed by atoms with E-state index in [9.17, 15) is 28.9 Å². The van der Waals surface area contributed by atoms with Crippen molar-refractivity contribution >= 4 is 25.7 Å². The van der Waals surface area contributed by atoms with Gasteiger partial charge in [0.2, 0.25) is 0 Å². The number of hydrogen-bond acceptors (Lipinski definition) is 10. The Labute approximate surface area is 439 Å². The fraction of sp³-hybridized carbons (Fsp3) is 0.750. The smallest absolute Gasteiger partial charge is 0.462 e. The van der Waals surface area contributed by atoms with Crippen LogP contribution in [0, 0.1) is 0 Å². The Morgan fingerprint density at radius 2 is 0.722 bits per heavy atom. The summed E-state index contributed by atoms with van der Waals surface area (Å²) < 4.78 is 39.5. The second kappa shape index (κ2) is 54.2. The van der Waals surface area contributed by atoms with Crippen molar-refractivity contribution in [1.82, 2.24) is 0 Å². The van der Waals surface area contributed by atoms with Gasteiger partial charge in [-0.3, -0.25) is 23.4 Å². The van der Waals surface area contributed by atoms with E-state index in [1.54, 1.807) is 0 Å². The summed E-state index contributed by atoms with van der Waals surface area (Å²) in [7, 11) is -4.76. The summed E-state index contributed by atoms with van der Waals surface area (Å²) in [5.41, 5.74) is 0. The maximum Gasteiger partial charge on any atom is 0.472 e. The lowest BCUT2D eigenvalue weighted by molar-refractivity contribution is -0.161. The molecule has 0 aliphatic carbocycles. The largest absolute Gasteiger partial charge is 0.472 e. The van der Waals surface area contributed by atoms with Gasteiger partial charge in [-0.25, -0.2) is 4.57 Å². The van der Waals surface area contributed by atoms with Crippen LogP contribution < -0.4 is 0 Å². The van der Waals surface area contributed by atoms with E-state index in [0.717, 1.165) is 96.3 Å². The maximum atomic E-state index is 12.9. The van der Waals surface area contributed by atoms with Crippen molar-refractivity contribution in [3.05, 3.63) is 72.9 Å². The van der Waals surface area contributed by atoms with Crippen molar-refractivity contribution in [2.24, 2.45) is 0 Å². The molecule has 72 heavy (non-hydrogen) atoms. The second-order valence-corrected chi connectivity index (χ2v) is 20.5. The summed E-state index contributed by atoms with van der Waals surface area (Å²) in [5, 5.41) is 9.80. The zero-order valence-electron chi connectivity index (χ0n) is 45.9. The molecule has 0 spiro atoms. The molecular formula is C60H105O11P. The topological polar surface area (TPSA) is 155 Å². The van der Waals surface area contributed by atoms with Gasteiger partial charge in [-0.15, -0.1) is 0 Å². The number of hydrogen-bond donors (Lipinski definition) is 2. The average Bonchev–Trinajstić information content (AvgIpc) is 3.37. The molecule has 0 bridgehead atoms. The molecule has 0 fully saturated rings. The van der Waals surface area contributed by atoms with Gasteiger partial charge in [0.25, 0.3) is 0 Å². The molecule has 11 nitrogen and oxygen atoms in total. The molecule has 0 aromatic heterocycles. The number of ether oxygens (including phenoxy) is 3. The van der Waals surface area contributed by atoms with Crippen LogP contribution >= 0.6 is 7.82 Å². The Kier molecular flexibility index (Phi) is 51.9. The Morgan fingerprint density at radius 3 is 1.17 bits per heavy atom. The summed E-state index contributed by atoms with van der Waals surface area (Å²) in [5.74, 6) is -1.52. The second-order valence-electron chi connectivity index (χ2n) is 19.1. The summed E-state index contributed by atoms with van der Waals surface area (Å²) >= 11 is 0. The fourth-order valence-electron chi connectivity index (χ4n) is 7.73. The molecule has 2 N–H and O–H groups in total. The zero-order valence-corrected chi connectivity index (χ0v) is 46.8. The minimum Gasteiger partial charge on any atom is -0.462 e. The fourth-order valence-corrected chi connectivity index (χ4v) is 8.51. The number of unbranched alkanes of at least 4 members (excludes halogenated alkanes) is 24. The van der Waals surface area contributed by atoms with Gasteiger partial charge >= 0.3 is 25.7 Å². The standard InChI is InChI=1S/C60H105O11P/c1-4-7-10-13-16-19-22-25-27-28-30-32-34-37-40-43-46-49-58(62)67-53-57(71-60(64)51-48-45-42-39-36-33-29-26-23-20-17-14-11-8-5-2)55-69-72(65,66)68-54-56(52-61)70-59(63)50-47-44-41-38-35-31-24-21-18-15-12-9-6-3/h8,11,16-17,19-20,25-27,29,36,39,56-57,61H,4-7,9-10,12-15,18,21-24,28,30-35,37-38,40-55H2,1-3H3,(H,65,66)/b11-8-,19-16-,20-17-,27-25-,29-26-,39-36-. The summed E-state index contributed by atoms with van der Waals surface area (Å²) in [6.45, 7) is 4.46. The lowest BCUT2D eigenvalue weighted by Gasteiger charge is -2.21. The predicted molar refractivity (Wildman–Crippen MR) is 298 cm³/mol. The molecule has 0 aliphatic rings. The minimum atomic E-state index is -4.76. The molecule has 0 aromatic carbocycles. The normalized spacial score (nSPS) is 13.9. The lowest BCUT2D eigenvalue weighted by atomic mass is 10.0. The molecule has 12 heteroatoms. The van der Waals surface area contributed by atoms with Crippen molar-refractivity contribution in [3.8, 4) is 0 Å². The molecule has 416 valence electrons. The Bertz CT molecular complexity index is 1490. The van der Waals surface area contributed by atoms with Crippen LogP contribution in [-0.4, -0.2) is 66.5 Å². The van der Waals surface area contributed by atoms with Gasteiger partial charge in [0, 0.05) is 19.3 Å². The zero-order chi connectivity index (χ0) is 52.7. The number of aliphatic hydroxyl groups excluding tert-OH is 1. The number of rotatable bonds is 53. The first kappa shape index (κ1) is 68.9. The molecule has 0 radical (unpaired) electrons. The Balaban J connectivity index is 4.78. The van der Waals surface area contributed by atoms with E-state index in [-0.39, 0.29) is 25.9 Å². The molecule has 0 amide bonds. The average molecular weight is 1030 g/mol. The van der Waals surface area contributed by atoms with Crippen molar-refractivity contribution in [1.29, 1.82) is 0 Å². The van der Waals surface area contributed by atoms with Crippen molar-refractivity contribution in [2.45, 2.75) is 264 Å². The van der Waals surface area contributed by atoms with Crippen LogP contribution in [0.5, 0.6) is 0 Å². The number of esters is 3. The van der Waals surface area contributed by atoms with Crippen LogP contribution in [0.1, 0.15) is 252 Å². The molecule has 3 atom stereocenters. The number of phosphoric ester groups is 1. The third-order valence-electron chi connectivity index (χ3n) is 12.1. The van der Waals surface area contributed by atoms with Gasteiger partial charge in [-0.05, 0) is 89.9 Å². The Hall–Kier alpha value is -3.08. The van der Waals surface area contributed by atoms with Gasteiger partial charge in [-0.1, -0.05) is 216 Å². The van der Waals surface area contributed by atoms with Crippen LogP contribution in [0.3, 0.4) is 0 Å². The molecule has 0 aliphatic heterocycles. The van der Waals surface area contributed by atoms with Crippen molar-refractivity contribution in [2.75, 3.05) is 26.4 Å². The summed E-state index contributed by atoms with van der Waals surface area (Å²) in [4.78, 5) is 48.5. The Morgan fingerprint density at radius 1 is 0.403 bits per heavy atom. The highest BCUT2D eigenvalue weighted by molar-refractivity contribution is 7.47. The highest BCUT2D eigenvalue weighted by atomic mass is 31.2. The molecular weight excluding hydrogens is 928 g/mol. The molecule has 0 heterocycles. The minimum absolute atomic E-state index is 0.113. The van der Waals surface area contributed by atoms with Crippen LogP contribution in [0.25, 0.3) is 0 Å². The van der Waals surface area contributed by atoms with Crippen molar-refractivity contribution in [3.63, 3.8) is 0 Å². The maximum absolute atomic E-state index is 12.9. The molecule has 0 aromatic rings. The summed E-state index contributed by atoms with van der Waals surface area (Å²) in [6.07, 6.45) is 60.0. The molecule has 0 saturated heterocycles. The highest BCUT2D eigenvalue weighted by Crippen LogP contribution is 2.43. The first-order valence-electron chi connectivity index (χ1n) is 28.8. The van der Waals surface area contributed by atoms with E-state index in [4.69, 9.17) is 23.3 Å². The molecule has 0 saturated carbocycles. The third-order valence-corrected chi connectivity index (χ3v) is 13.1. The number of phosphoric acid groups is 1. The number of aliphatic hydroxyl groups is 1. The number of carbonyl (C=O) groups excluding carboxylic acids is 3. The molecule has 3 unspecified atom stereocenters. The van der Waals surface area contributed by atoms with E-state index in [1.807, 2.05) is 0 Å². The SMILES string of the molecule is CC/C=C\C/C=C\C/C=C\C/C=C\CCCCC(=O)OC(COC(=O)CCCCCCCCC/C=C\C/C=C\CCCCC)COP(=O)(O)OCC(CO)OC(=O)CCCCCCCCCCCCCCC. The van der Waals surface area contributed by atoms with Gasteiger partial charge in [0.1, 0.15) is 12.7 Å².